The molecule has 2 rings (SSSR count). The second-order valence-corrected chi connectivity index (χ2v) is 4.12. The van der Waals surface area contributed by atoms with E-state index in [2.05, 4.69) is 5.32 Å². The van der Waals surface area contributed by atoms with E-state index in [9.17, 15) is 4.79 Å². The first-order valence-electron chi connectivity index (χ1n) is 5.84. The minimum absolute atomic E-state index is 0.0704. The van der Waals surface area contributed by atoms with Gasteiger partial charge in [-0.1, -0.05) is 0 Å². The summed E-state index contributed by atoms with van der Waals surface area (Å²) in [6, 6.07) is 7.75. The number of amides is 1. The van der Waals surface area contributed by atoms with Gasteiger partial charge in [-0.15, -0.1) is 0 Å². The molecule has 0 bridgehead atoms. The summed E-state index contributed by atoms with van der Waals surface area (Å²) >= 11 is 0. The van der Waals surface area contributed by atoms with E-state index in [4.69, 9.17) is 9.47 Å². The first kappa shape index (κ1) is 11.8. The molecule has 4 heteroatoms. The summed E-state index contributed by atoms with van der Waals surface area (Å²) in [6.45, 7) is 0.408. The van der Waals surface area contributed by atoms with Gasteiger partial charge in [0.25, 0.3) is 0 Å². The highest BCUT2D eigenvalue weighted by Gasteiger charge is 2.22. The molecule has 0 radical (unpaired) electrons. The number of nitrogens with one attached hydrogen (secondary N) is 1. The van der Waals surface area contributed by atoms with Crippen LogP contribution in [0.4, 0.5) is 0 Å². The zero-order valence-electron chi connectivity index (χ0n) is 9.94. The third-order valence-corrected chi connectivity index (χ3v) is 2.60. The van der Waals surface area contributed by atoms with Crippen LogP contribution in [0.5, 0.6) is 11.5 Å². The smallest absolute Gasteiger partial charge is 0.223 e. The van der Waals surface area contributed by atoms with Crippen molar-refractivity contribution < 1.29 is 14.3 Å². The first-order chi connectivity index (χ1) is 8.28. The molecule has 0 saturated heterocycles. The molecule has 1 amide bonds. The van der Waals surface area contributed by atoms with Crippen LogP contribution >= 0.6 is 0 Å². The molecular weight excluding hydrogens is 218 g/mol. The van der Waals surface area contributed by atoms with Crippen LogP contribution in [0.3, 0.4) is 0 Å². The molecule has 1 aliphatic carbocycles. The Morgan fingerprint density at radius 1 is 1.29 bits per heavy atom. The summed E-state index contributed by atoms with van der Waals surface area (Å²) in [5, 5.41) is 2.92. The zero-order valence-corrected chi connectivity index (χ0v) is 9.94. The number of carbonyl (C=O) groups excluding carboxylic acids is 1. The second kappa shape index (κ2) is 5.57. The maximum absolute atomic E-state index is 11.4. The van der Waals surface area contributed by atoms with Gasteiger partial charge in [0.15, 0.2) is 0 Å². The zero-order chi connectivity index (χ0) is 12.1. The number of ether oxygens (including phenoxy) is 2. The molecule has 4 nitrogen and oxygen atoms in total. The monoisotopic (exact) mass is 235 g/mol. The molecule has 1 aromatic carbocycles. The molecule has 0 aliphatic heterocycles. The van der Waals surface area contributed by atoms with E-state index in [0.717, 1.165) is 24.3 Å². The average molecular weight is 235 g/mol. The number of methoxy groups -OCH3 is 1. The molecule has 1 saturated carbocycles. The minimum Gasteiger partial charge on any atom is -0.497 e. The highest BCUT2D eigenvalue weighted by molar-refractivity contribution is 5.76. The highest BCUT2D eigenvalue weighted by Crippen LogP contribution is 2.19. The largest absolute Gasteiger partial charge is 0.497 e. The van der Waals surface area contributed by atoms with Gasteiger partial charge in [0.1, 0.15) is 11.5 Å². The summed E-state index contributed by atoms with van der Waals surface area (Å²) in [5.74, 6) is 1.62. The Hall–Kier alpha value is -1.71. The van der Waals surface area contributed by atoms with Gasteiger partial charge in [-0.25, -0.2) is 0 Å². The van der Waals surface area contributed by atoms with E-state index in [0.29, 0.717) is 19.1 Å². The summed E-state index contributed by atoms with van der Waals surface area (Å²) in [5.41, 5.74) is 0. The van der Waals surface area contributed by atoms with E-state index in [1.54, 1.807) is 7.11 Å². The van der Waals surface area contributed by atoms with Crippen LogP contribution in [0.15, 0.2) is 24.3 Å². The lowest BCUT2D eigenvalue weighted by atomic mass is 10.3. The Labute approximate surface area is 101 Å². The number of hydrogen-bond donors (Lipinski definition) is 1. The molecule has 92 valence electrons. The molecule has 1 aliphatic rings. The summed E-state index contributed by atoms with van der Waals surface area (Å²) in [4.78, 5) is 11.4. The van der Waals surface area contributed by atoms with Crippen molar-refractivity contribution in [3.05, 3.63) is 24.3 Å². The Morgan fingerprint density at radius 2 is 1.94 bits per heavy atom. The lowest BCUT2D eigenvalue weighted by molar-refractivity contribution is -0.121. The van der Waals surface area contributed by atoms with Crippen molar-refractivity contribution in [2.45, 2.75) is 25.3 Å². The summed E-state index contributed by atoms with van der Waals surface area (Å²) < 4.78 is 10.5. The molecule has 17 heavy (non-hydrogen) atoms. The van der Waals surface area contributed by atoms with Crippen molar-refractivity contribution in [3.8, 4) is 11.5 Å². The molecule has 0 unspecified atom stereocenters. The van der Waals surface area contributed by atoms with Crippen LogP contribution in [0.25, 0.3) is 0 Å². The standard InChI is InChI=1S/C13H17NO3/c1-16-11-4-6-12(7-5-11)17-9-8-13(15)14-10-2-3-10/h4-7,10H,2-3,8-9H2,1H3,(H,14,15). The molecular formula is C13H17NO3. The first-order valence-corrected chi connectivity index (χ1v) is 5.84. The molecule has 0 spiro atoms. The average Bonchev–Trinajstić information content (AvgIpc) is 3.14. The number of rotatable bonds is 6. The maximum atomic E-state index is 11.4. The van der Waals surface area contributed by atoms with Gasteiger partial charge in [0.2, 0.25) is 5.91 Å². The van der Waals surface area contributed by atoms with Gasteiger partial charge in [0, 0.05) is 6.04 Å². The third kappa shape index (κ3) is 3.98. The van der Waals surface area contributed by atoms with E-state index < -0.39 is 0 Å². The van der Waals surface area contributed by atoms with Crippen molar-refractivity contribution in [2.24, 2.45) is 0 Å². The number of carbonyl (C=O) groups is 1. The lowest BCUT2D eigenvalue weighted by Crippen LogP contribution is -2.26. The molecule has 1 fully saturated rings. The van der Waals surface area contributed by atoms with Crippen molar-refractivity contribution in [1.29, 1.82) is 0 Å². The van der Waals surface area contributed by atoms with Crippen LogP contribution in [-0.4, -0.2) is 25.7 Å². The van der Waals surface area contributed by atoms with Crippen LogP contribution in [-0.2, 0) is 4.79 Å². The molecule has 0 atom stereocenters. The Morgan fingerprint density at radius 3 is 2.53 bits per heavy atom. The lowest BCUT2D eigenvalue weighted by Gasteiger charge is -2.07. The van der Waals surface area contributed by atoms with E-state index >= 15 is 0 Å². The molecule has 0 heterocycles. The molecule has 1 N–H and O–H groups in total. The quantitative estimate of drug-likeness (QED) is 0.817. The topological polar surface area (TPSA) is 47.6 Å². The van der Waals surface area contributed by atoms with Gasteiger partial charge < -0.3 is 14.8 Å². The van der Waals surface area contributed by atoms with Crippen LogP contribution in [0.2, 0.25) is 0 Å². The van der Waals surface area contributed by atoms with Crippen LogP contribution in [0, 0.1) is 0 Å². The van der Waals surface area contributed by atoms with E-state index in [-0.39, 0.29) is 5.91 Å². The Kier molecular flexibility index (Phi) is 3.85. The predicted molar refractivity (Wildman–Crippen MR) is 64.3 cm³/mol. The third-order valence-electron chi connectivity index (χ3n) is 2.60. The SMILES string of the molecule is COc1ccc(OCCC(=O)NC2CC2)cc1. The van der Waals surface area contributed by atoms with Gasteiger partial charge in [0.05, 0.1) is 20.1 Å². The van der Waals surface area contributed by atoms with Gasteiger partial charge in [-0.05, 0) is 37.1 Å². The van der Waals surface area contributed by atoms with E-state index in [1.165, 1.54) is 0 Å². The second-order valence-electron chi connectivity index (χ2n) is 4.12. The van der Waals surface area contributed by atoms with Crippen LogP contribution < -0.4 is 14.8 Å². The fraction of sp³-hybridized carbons (Fsp3) is 0.462. The Bertz CT molecular complexity index is 371. The van der Waals surface area contributed by atoms with Crippen LogP contribution in [0.1, 0.15) is 19.3 Å². The Balaban J connectivity index is 1.67. The summed E-state index contributed by atoms with van der Waals surface area (Å²) in [7, 11) is 1.62. The van der Waals surface area contributed by atoms with Gasteiger partial charge in [-0.3, -0.25) is 4.79 Å². The van der Waals surface area contributed by atoms with Gasteiger partial charge >= 0.3 is 0 Å². The van der Waals surface area contributed by atoms with E-state index in [1.807, 2.05) is 24.3 Å². The molecule has 0 aromatic heterocycles. The minimum atomic E-state index is 0.0704. The van der Waals surface area contributed by atoms with Crippen molar-refractivity contribution in [3.63, 3.8) is 0 Å². The van der Waals surface area contributed by atoms with Gasteiger partial charge in [-0.2, -0.15) is 0 Å². The molecule has 1 aromatic rings. The van der Waals surface area contributed by atoms with Crippen molar-refractivity contribution >= 4 is 5.91 Å². The fourth-order valence-electron chi connectivity index (χ4n) is 1.46. The maximum Gasteiger partial charge on any atom is 0.223 e. The predicted octanol–water partition coefficient (Wildman–Crippen LogP) is 1.74. The van der Waals surface area contributed by atoms with Crippen molar-refractivity contribution in [2.75, 3.05) is 13.7 Å². The summed E-state index contributed by atoms with van der Waals surface area (Å²) in [6.07, 6.45) is 2.64. The number of benzene rings is 1. The normalized spacial score (nSPS) is 14.2. The number of hydrogen-bond acceptors (Lipinski definition) is 3. The fourth-order valence-corrected chi connectivity index (χ4v) is 1.46. The van der Waals surface area contributed by atoms with Crippen molar-refractivity contribution in [1.82, 2.24) is 5.32 Å². The highest BCUT2D eigenvalue weighted by atomic mass is 16.5.